The predicted octanol–water partition coefficient (Wildman–Crippen LogP) is 5.90. The fourth-order valence-corrected chi connectivity index (χ4v) is 2.88. The van der Waals surface area contributed by atoms with Crippen LogP contribution in [0.1, 0.15) is 97.3 Å². The fourth-order valence-electron chi connectivity index (χ4n) is 2.88. The van der Waals surface area contributed by atoms with E-state index in [0.717, 1.165) is 19.3 Å². The lowest BCUT2D eigenvalue weighted by Gasteiger charge is -2.11. The number of carbonyl (C=O) groups excluding carboxylic acids is 1. The third kappa shape index (κ3) is 15.9. The Balaban J connectivity index is 3.67. The zero-order valence-electron chi connectivity index (χ0n) is 16.3. The van der Waals surface area contributed by atoms with Crippen molar-refractivity contribution in [3.05, 3.63) is 12.2 Å². The number of rotatable bonds is 17. The maximum Gasteiger partial charge on any atom is 0.306 e. The van der Waals surface area contributed by atoms with Crippen LogP contribution in [0.2, 0.25) is 0 Å². The average molecular weight is 355 g/mol. The quantitative estimate of drug-likeness (QED) is 0.201. The van der Waals surface area contributed by atoms with E-state index in [1.165, 1.54) is 38.5 Å². The van der Waals surface area contributed by atoms with Crippen LogP contribution in [-0.2, 0) is 14.3 Å². The summed E-state index contributed by atoms with van der Waals surface area (Å²) in [6.07, 6.45) is 17.4. The summed E-state index contributed by atoms with van der Waals surface area (Å²) in [7, 11) is 0. The van der Waals surface area contributed by atoms with Gasteiger partial charge >= 0.3 is 11.9 Å². The number of carboxylic acids is 1. The number of hydrogen-bond donors (Lipinski definition) is 1. The van der Waals surface area contributed by atoms with Crippen molar-refractivity contribution in [1.29, 1.82) is 0 Å². The first-order valence-corrected chi connectivity index (χ1v) is 10.1. The van der Waals surface area contributed by atoms with Gasteiger partial charge in [-0.05, 0) is 51.9 Å². The Labute approximate surface area is 154 Å². The fraction of sp³-hybridized carbons (Fsp3) is 0.810. The van der Waals surface area contributed by atoms with E-state index in [1.807, 2.05) is 0 Å². The molecule has 1 N–H and O–H groups in total. The van der Waals surface area contributed by atoms with Gasteiger partial charge in [-0.25, -0.2) is 0 Å². The molecular formula is C21H38O4. The highest BCUT2D eigenvalue weighted by Gasteiger charge is 2.17. The molecule has 0 spiro atoms. The van der Waals surface area contributed by atoms with Crippen LogP contribution in [0.25, 0.3) is 0 Å². The maximum atomic E-state index is 11.3. The lowest BCUT2D eigenvalue weighted by molar-refractivity contribution is -0.145. The Morgan fingerprint density at radius 1 is 0.880 bits per heavy atom. The van der Waals surface area contributed by atoms with Crippen molar-refractivity contribution in [2.75, 3.05) is 6.61 Å². The van der Waals surface area contributed by atoms with Crippen LogP contribution in [0.15, 0.2) is 12.2 Å². The number of carbonyl (C=O) groups is 2. The lowest BCUT2D eigenvalue weighted by atomic mass is 9.96. The summed E-state index contributed by atoms with van der Waals surface area (Å²) in [6, 6.07) is 0. The SMILES string of the molecule is CCCCCCCCC=CCCCC(CCCC(=O)OCC)C(=O)O. The largest absolute Gasteiger partial charge is 0.481 e. The van der Waals surface area contributed by atoms with Crippen LogP contribution >= 0.6 is 0 Å². The molecule has 4 nitrogen and oxygen atoms in total. The molecule has 0 aliphatic carbocycles. The molecule has 0 saturated carbocycles. The summed E-state index contributed by atoms with van der Waals surface area (Å²) in [5.41, 5.74) is 0. The van der Waals surface area contributed by atoms with E-state index < -0.39 is 5.97 Å². The summed E-state index contributed by atoms with van der Waals surface area (Å²) in [4.78, 5) is 22.6. The van der Waals surface area contributed by atoms with Gasteiger partial charge in [0.1, 0.15) is 0 Å². The second-order valence-corrected chi connectivity index (χ2v) is 6.69. The van der Waals surface area contributed by atoms with E-state index >= 15 is 0 Å². The topological polar surface area (TPSA) is 63.6 Å². The number of aliphatic carboxylic acids is 1. The molecule has 25 heavy (non-hydrogen) atoms. The summed E-state index contributed by atoms with van der Waals surface area (Å²) in [5.74, 6) is -1.33. The van der Waals surface area contributed by atoms with Gasteiger partial charge in [-0.2, -0.15) is 0 Å². The number of unbranched alkanes of at least 4 members (excludes halogenated alkanes) is 7. The number of allylic oxidation sites excluding steroid dienone is 2. The standard InChI is InChI=1S/C21H38O4/c1-3-5-6-7-8-9-10-11-12-13-14-16-19(21(23)24)17-15-18-20(22)25-4-2/h11-12,19H,3-10,13-18H2,1-2H3,(H,23,24). The van der Waals surface area contributed by atoms with Gasteiger partial charge in [0, 0.05) is 6.42 Å². The van der Waals surface area contributed by atoms with Crippen LogP contribution in [-0.4, -0.2) is 23.7 Å². The monoisotopic (exact) mass is 354 g/mol. The van der Waals surface area contributed by atoms with E-state index in [1.54, 1.807) is 6.92 Å². The molecule has 0 rings (SSSR count). The van der Waals surface area contributed by atoms with Crippen LogP contribution in [0.5, 0.6) is 0 Å². The van der Waals surface area contributed by atoms with Crippen molar-refractivity contribution in [3.63, 3.8) is 0 Å². The third-order valence-electron chi connectivity index (χ3n) is 4.40. The van der Waals surface area contributed by atoms with Gasteiger partial charge in [0.05, 0.1) is 12.5 Å². The molecule has 4 heteroatoms. The van der Waals surface area contributed by atoms with Gasteiger partial charge in [-0.1, -0.05) is 51.2 Å². The molecule has 0 aliphatic heterocycles. The van der Waals surface area contributed by atoms with Gasteiger partial charge < -0.3 is 9.84 Å². The van der Waals surface area contributed by atoms with Crippen LogP contribution in [0.4, 0.5) is 0 Å². The first-order chi connectivity index (χ1) is 12.1. The zero-order valence-corrected chi connectivity index (χ0v) is 16.3. The van der Waals surface area contributed by atoms with E-state index in [-0.39, 0.29) is 11.9 Å². The summed E-state index contributed by atoms with van der Waals surface area (Å²) < 4.78 is 4.86. The third-order valence-corrected chi connectivity index (χ3v) is 4.40. The van der Waals surface area contributed by atoms with Gasteiger partial charge in [-0.15, -0.1) is 0 Å². The second-order valence-electron chi connectivity index (χ2n) is 6.69. The maximum absolute atomic E-state index is 11.3. The molecule has 0 aromatic rings. The number of esters is 1. The minimum Gasteiger partial charge on any atom is -0.481 e. The normalized spacial score (nSPS) is 12.4. The number of carboxylic acid groups (broad SMARTS) is 1. The zero-order chi connectivity index (χ0) is 18.8. The van der Waals surface area contributed by atoms with Crippen LogP contribution in [0, 0.1) is 5.92 Å². The van der Waals surface area contributed by atoms with Gasteiger partial charge in [-0.3, -0.25) is 9.59 Å². The highest BCUT2D eigenvalue weighted by Crippen LogP contribution is 2.17. The van der Waals surface area contributed by atoms with E-state index in [2.05, 4.69) is 19.1 Å². The highest BCUT2D eigenvalue weighted by atomic mass is 16.5. The minimum atomic E-state index is -0.750. The van der Waals surface area contributed by atoms with E-state index in [9.17, 15) is 14.7 Å². The minimum absolute atomic E-state index is 0.232. The molecule has 0 fully saturated rings. The molecule has 0 aliphatic rings. The number of hydrogen-bond acceptors (Lipinski definition) is 3. The Kier molecular flexibility index (Phi) is 16.6. The lowest BCUT2D eigenvalue weighted by Crippen LogP contribution is -2.14. The van der Waals surface area contributed by atoms with Crippen molar-refractivity contribution in [1.82, 2.24) is 0 Å². The summed E-state index contributed by atoms with van der Waals surface area (Å²) in [5, 5.41) is 9.27. The Bertz CT molecular complexity index is 363. The Hall–Kier alpha value is -1.32. The summed E-state index contributed by atoms with van der Waals surface area (Å²) >= 11 is 0. The van der Waals surface area contributed by atoms with Gasteiger partial charge in [0.25, 0.3) is 0 Å². The second kappa shape index (κ2) is 17.5. The van der Waals surface area contributed by atoms with Gasteiger partial charge in [0.15, 0.2) is 0 Å². The van der Waals surface area contributed by atoms with Crippen molar-refractivity contribution in [2.24, 2.45) is 5.92 Å². The molecule has 0 amide bonds. The van der Waals surface area contributed by atoms with Crippen LogP contribution in [0.3, 0.4) is 0 Å². The van der Waals surface area contributed by atoms with E-state index in [4.69, 9.17) is 4.74 Å². The molecule has 0 bridgehead atoms. The Morgan fingerprint density at radius 3 is 2.12 bits per heavy atom. The molecule has 0 saturated heterocycles. The molecular weight excluding hydrogens is 316 g/mol. The predicted molar refractivity (Wildman–Crippen MR) is 103 cm³/mol. The molecule has 146 valence electrons. The molecule has 1 unspecified atom stereocenters. The molecule has 0 aromatic heterocycles. The van der Waals surface area contributed by atoms with Crippen molar-refractivity contribution < 1.29 is 19.4 Å². The molecule has 0 radical (unpaired) electrons. The smallest absolute Gasteiger partial charge is 0.306 e. The molecule has 1 atom stereocenters. The number of ether oxygens (including phenoxy) is 1. The highest BCUT2D eigenvalue weighted by molar-refractivity contribution is 5.71. The first-order valence-electron chi connectivity index (χ1n) is 10.1. The van der Waals surface area contributed by atoms with Crippen molar-refractivity contribution >= 4 is 11.9 Å². The average Bonchev–Trinajstić information content (AvgIpc) is 2.58. The van der Waals surface area contributed by atoms with Crippen molar-refractivity contribution in [2.45, 2.75) is 97.3 Å². The van der Waals surface area contributed by atoms with Gasteiger partial charge in [0.2, 0.25) is 0 Å². The van der Waals surface area contributed by atoms with E-state index in [0.29, 0.717) is 32.3 Å². The van der Waals surface area contributed by atoms with Crippen LogP contribution < -0.4 is 0 Å². The Morgan fingerprint density at radius 2 is 1.48 bits per heavy atom. The van der Waals surface area contributed by atoms with Crippen molar-refractivity contribution in [3.8, 4) is 0 Å². The molecule has 0 heterocycles. The summed E-state index contributed by atoms with van der Waals surface area (Å²) in [6.45, 7) is 4.39. The molecule has 0 aromatic carbocycles. The first kappa shape index (κ1) is 23.7.